The fourth-order valence-electron chi connectivity index (χ4n) is 1.87. The van der Waals surface area contributed by atoms with Crippen molar-refractivity contribution in [3.63, 3.8) is 0 Å². The molecule has 0 N–H and O–H groups in total. The van der Waals surface area contributed by atoms with Crippen LogP contribution in [0.4, 0.5) is 0 Å². The van der Waals surface area contributed by atoms with Gasteiger partial charge in [-0.05, 0) is 19.3 Å². The van der Waals surface area contributed by atoms with Crippen molar-refractivity contribution in [3.05, 3.63) is 13.8 Å². The molecular weight excluding hydrogens is 192 g/mol. The zero-order chi connectivity index (χ0) is 12.1. The first-order valence-electron chi connectivity index (χ1n) is 6.85. The van der Waals surface area contributed by atoms with Crippen LogP contribution < -0.4 is 0 Å². The molecule has 0 aliphatic rings. The minimum Gasteiger partial charge on any atom is -0.103 e. The minimum absolute atomic E-state index is 0.754. The van der Waals surface area contributed by atoms with E-state index in [9.17, 15) is 0 Å². The fraction of sp³-hybridized carbons (Fsp3) is 0.750. The first-order valence-corrected chi connectivity index (χ1v) is 6.85. The second kappa shape index (κ2) is 12.6. The first kappa shape index (κ1) is 15.6. The van der Waals surface area contributed by atoms with Gasteiger partial charge in [-0.1, -0.05) is 58.8 Å². The van der Waals surface area contributed by atoms with Gasteiger partial charge in [0.25, 0.3) is 0 Å². The van der Waals surface area contributed by atoms with Crippen molar-refractivity contribution in [3.8, 4) is 11.8 Å². The third-order valence-corrected chi connectivity index (χ3v) is 2.95. The van der Waals surface area contributed by atoms with Gasteiger partial charge in [0.2, 0.25) is 0 Å². The van der Waals surface area contributed by atoms with Crippen LogP contribution in [0, 0.1) is 31.6 Å². The second-order valence-corrected chi connectivity index (χ2v) is 4.66. The Kier molecular flexibility index (Phi) is 12.3. The largest absolute Gasteiger partial charge is 0.103 e. The van der Waals surface area contributed by atoms with Crippen LogP contribution >= 0.6 is 0 Å². The molecule has 0 aromatic carbocycles. The summed E-state index contributed by atoms with van der Waals surface area (Å²) in [6.45, 7) is 9.95. The number of hydrogen-bond acceptors (Lipinski definition) is 0. The van der Waals surface area contributed by atoms with E-state index in [0.29, 0.717) is 0 Å². The summed E-state index contributed by atoms with van der Waals surface area (Å²) in [6.07, 6.45) is 12.3. The monoisotopic (exact) mass is 220 g/mol. The Morgan fingerprint density at radius 3 is 2.25 bits per heavy atom. The Balaban J connectivity index is 3.14. The fourth-order valence-corrected chi connectivity index (χ4v) is 1.87. The molecule has 0 aliphatic heterocycles. The summed E-state index contributed by atoms with van der Waals surface area (Å²) in [5.74, 6) is 7.05. The lowest BCUT2D eigenvalue weighted by Crippen LogP contribution is -1.94. The molecule has 1 unspecified atom stereocenters. The highest BCUT2D eigenvalue weighted by Gasteiger charge is 2.00. The molecule has 0 spiro atoms. The van der Waals surface area contributed by atoms with Crippen molar-refractivity contribution >= 4 is 0 Å². The molecule has 0 heteroatoms. The van der Waals surface area contributed by atoms with Crippen molar-refractivity contribution in [2.45, 2.75) is 71.1 Å². The molecule has 0 aromatic rings. The average Bonchev–Trinajstić information content (AvgIpc) is 2.30. The van der Waals surface area contributed by atoms with Crippen LogP contribution in [0.3, 0.4) is 0 Å². The SMILES string of the molecule is [CH2]CC#CCCCCCCC(C)CCC[CH2]. The molecule has 2 radical (unpaired) electrons. The summed E-state index contributed by atoms with van der Waals surface area (Å²) in [5, 5.41) is 0. The minimum atomic E-state index is 0.754. The summed E-state index contributed by atoms with van der Waals surface area (Å²) in [5.41, 5.74) is 0. The van der Waals surface area contributed by atoms with Crippen molar-refractivity contribution in [2.75, 3.05) is 0 Å². The highest BCUT2D eigenvalue weighted by molar-refractivity contribution is 4.98. The van der Waals surface area contributed by atoms with E-state index in [1.54, 1.807) is 0 Å². The Morgan fingerprint density at radius 1 is 0.875 bits per heavy atom. The van der Waals surface area contributed by atoms with Gasteiger partial charge in [0.05, 0.1) is 0 Å². The van der Waals surface area contributed by atoms with Crippen molar-refractivity contribution in [1.82, 2.24) is 0 Å². The predicted molar refractivity (Wildman–Crippen MR) is 73.8 cm³/mol. The molecule has 1 atom stereocenters. The molecule has 0 amide bonds. The normalized spacial score (nSPS) is 11.9. The van der Waals surface area contributed by atoms with Gasteiger partial charge < -0.3 is 0 Å². The molecule has 0 nitrogen and oxygen atoms in total. The van der Waals surface area contributed by atoms with Crippen LogP contribution in [-0.4, -0.2) is 0 Å². The van der Waals surface area contributed by atoms with E-state index in [-0.39, 0.29) is 0 Å². The topological polar surface area (TPSA) is 0 Å². The molecule has 0 saturated heterocycles. The Morgan fingerprint density at radius 2 is 1.56 bits per heavy atom. The van der Waals surface area contributed by atoms with Crippen molar-refractivity contribution in [1.29, 1.82) is 0 Å². The molecule has 92 valence electrons. The Bertz CT molecular complexity index is 182. The second-order valence-electron chi connectivity index (χ2n) is 4.66. The lowest BCUT2D eigenvalue weighted by molar-refractivity contribution is 0.447. The zero-order valence-corrected chi connectivity index (χ0v) is 11.1. The van der Waals surface area contributed by atoms with Crippen molar-refractivity contribution < 1.29 is 0 Å². The van der Waals surface area contributed by atoms with Gasteiger partial charge in [0, 0.05) is 12.8 Å². The van der Waals surface area contributed by atoms with Gasteiger partial charge in [0.15, 0.2) is 0 Å². The van der Waals surface area contributed by atoms with Crippen molar-refractivity contribution in [2.24, 2.45) is 5.92 Å². The van der Waals surface area contributed by atoms with Crippen LogP contribution in [-0.2, 0) is 0 Å². The van der Waals surface area contributed by atoms with E-state index in [1.807, 2.05) is 0 Å². The van der Waals surface area contributed by atoms with E-state index in [2.05, 4.69) is 32.6 Å². The molecule has 16 heavy (non-hydrogen) atoms. The molecular formula is C16H28. The lowest BCUT2D eigenvalue weighted by atomic mass is 9.97. The first-order chi connectivity index (χ1) is 7.81. The van der Waals surface area contributed by atoms with Crippen LogP contribution in [0.25, 0.3) is 0 Å². The smallest absolute Gasteiger partial charge is 0.00890 e. The lowest BCUT2D eigenvalue weighted by Gasteiger charge is -2.09. The quantitative estimate of drug-likeness (QED) is 0.370. The molecule has 0 heterocycles. The van der Waals surface area contributed by atoms with E-state index >= 15 is 0 Å². The highest BCUT2D eigenvalue weighted by atomic mass is 14.1. The molecule has 0 aromatic heterocycles. The highest BCUT2D eigenvalue weighted by Crippen LogP contribution is 2.16. The van der Waals surface area contributed by atoms with Gasteiger partial charge in [-0.3, -0.25) is 0 Å². The predicted octanol–water partition coefficient (Wildman–Crippen LogP) is 5.20. The molecule has 0 fully saturated rings. The van der Waals surface area contributed by atoms with Gasteiger partial charge in [-0.15, -0.1) is 11.8 Å². The summed E-state index contributed by atoms with van der Waals surface area (Å²) in [6, 6.07) is 0. The van der Waals surface area contributed by atoms with Crippen LogP contribution in [0.5, 0.6) is 0 Å². The van der Waals surface area contributed by atoms with Crippen LogP contribution in [0.1, 0.15) is 71.1 Å². The summed E-state index contributed by atoms with van der Waals surface area (Å²) < 4.78 is 0. The number of unbranched alkanes of at least 4 members (excludes halogenated alkanes) is 5. The summed E-state index contributed by atoms with van der Waals surface area (Å²) >= 11 is 0. The van der Waals surface area contributed by atoms with E-state index < -0.39 is 0 Å². The average molecular weight is 220 g/mol. The van der Waals surface area contributed by atoms with E-state index in [0.717, 1.165) is 25.2 Å². The van der Waals surface area contributed by atoms with Gasteiger partial charge in [0.1, 0.15) is 0 Å². The molecule has 0 rings (SSSR count). The van der Waals surface area contributed by atoms with E-state index in [1.165, 1.54) is 44.9 Å². The maximum absolute atomic E-state index is 3.89. The van der Waals surface area contributed by atoms with Gasteiger partial charge >= 0.3 is 0 Å². The van der Waals surface area contributed by atoms with E-state index in [4.69, 9.17) is 0 Å². The zero-order valence-electron chi connectivity index (χ0n) is 11.1. The van der Waals surface area contributed by atoms with Crippen LogP contribution in [0.15, 0.2) is 0 Å². The number of hydrogen-bond donors (Lipinski definition) is 0. The van der Waals surface area contributed by atoms with Crippen LogP contribution in [0.2, 0.25) is 0 Å². The van der Waals surface area contributed by atoms with Gasteiger partial charge in [-0.2, -0.15) is 0 Å². The maximum atomic E-state index is 3.89. The third kappa shape index (κ3) is 11.6. The molecule has 0 saturated carbocycles. The molecule has 0 bridgehead atoms. The maximum Gasteiger partial charge on any atom is 0.00890 e. The Hall–Kier alpha value is -0.440. The summed E-state index contributed by atoms with van der Waals surface area (Å²) in [7, 11) is 0. The third-order valence-electron chi connectivity index (χ3n) is 2.95. The molecule has 0 aliphatic carbocycles. The summed E-state index contributed by atoms with van der Waals surface area (Å²) in [4.78, 5) is 0. The van der Waals surface area contributed by atoms with Gasteiger partial charge in [-0.25, -0.2) is 0 Å². The number of rotatable bonds is 9. The Labute approximate surface area is 103 Å². The standard InChI is InChI=1S/C16H28/c1-4-6-8-9-10-11-12-13-15-16(3)14-7-5-2/h16H,1-2,4-5,7,9-15H2,3H3.